The number of aromatic nitrogens is 1. The van der Waals surface area contributed by atoms with Gasteiger partial charge in [0.25, 0.3) is 5.91 Å². The van der Waals surface area contributed by atoms with E-state index in [4.69, 9.17) is 4.74 Å². The lowest BCUT2D eigenvalue weighted by Gasteiger charge is -2.20. The lowest BCUT2D eigenvalue weighted by Crippen LogP contribution is -2.34. The standard InChI is InChI=1S/C20H21N3O4S3/c1-23(12-15-4-2-10-27-15)30(25,26)16-8-6-14(7-9-16)19(24)22-20-21-17(13-29-20)18-5-3-11-28-18/h3,5-9,11,13,15H,2,4,10,12H2,1H3,(H,21,22,24). The summed E-state index contributed by atoms with van der Waals surface area (Å²) in [5, 5.41) is 7.13. The van der Waals surface area contributed by atoms with Crippen molar-refractivity contribution in [3.63, 3.8) is 0 Å². The average molecular weight is 464 g/mol. The van der Waals surface area contributed by atoms with Crippen molar-refractivity contribution in [1.29, 1.82) is 0 Å². The molecule has 0 radical (unpaired) electrons. The summed E-state index contributed by atoms with van der Waals surface area (Å²) in [6.07, 6.45) is 1.76. The van der Waals surface area contributed by atoms with Crippen LogP contribution < -0.4 is 5.32 Å². The fourth-order valence-electron chi connectivity index (χ4n) is 3.17. The highest BCUT2D eigenvalue weighted by molar-refractivity contribution is 7.89. The second-order valence-corrected chi connectivity index (χ2v) is 10.8. The second-order valence-electron chi connectivity index (χ2n) is 6.91. The van der Waals surface area contributed by atoms with Crippen molar-refractivity contribution in [2.24, 2.45) is 0 Å². The van der Waals surface area contributed by atoms with E-state index in [0.29, 0.717) is 23.8 Å². The van der Waals surface area contributed by atoms with Gasteiger partial charge in [0.15, 0.2) is 5.13 Å². The Morgan fingerprint density at radius 3 is 2.73 bits per heavy atom. The Morgan fingerprint density at radius 2 is 2.07 bits per heavy atom. The third-order valence-corrected chi connectivity index (χ3v) is 8.30. The van der Waals surface area contributed by atoms with Crippen LogP contribution in [0.3, 0.4) is 0 Å². The molecule has 0 saturated carbocycles. The Labute approximate surface area is 183 Å². The molecule has 0 spiro atoms. The molecule has 1 saturated heterocycles. The van der Waals surface area contributed by atoms with Gasteiger partial charge in [-0.25, -0.2) is 13.4 Å². The zero-order valence-electron chi connectivity index (χ0n) is 16.3. The van der Waals surface area contributed by atoms with E-state index < -0.39 is 10.0 Å². The number of sulfonamides is 1. The van der Waals surface area contributed by atoms with E-state index in [1.165, 1.54) is 39.9 Å². The van der Waals surface area contributed by atoms with E-state index in [-0.39, 0.29) is 16.9 Å². The zero-order valence-corrected chi connectivity index (χ0v) is 18.7. The lowest BCUT2D eigenvalue weighted by molar-refractivity contribution is 0.0979. The van der Waals surface area contributed by atoms with Crippen LogP contribution in [0, 0.1) is 0 Å². The maximum atomic E-state index is 12.8. The van der Waals surface area contributed by atoms with Crippen LogP contribution in [0.15, 0.2) is 52.1 Å². The zero-order chi connectivity index (χ0) is 21.1. The fourth-order valence-corrected chi connectivity index (χ4v) is 5.84. The Hall–Kier alpha value is -2.11. The Morgan fingerprint density at radius 1 is 1.27 bits per heavy atom. The molecule has 1 aliphatic rings. The first-order chi connectivity index (χ1) is 14.4. The summed E-state index contributed by atoms with van der Waals surface area (Å²) >= 11 is 2.93. The molecule has 158 valence electrons. The number of nitrogens with zero attached hydrogens (tertiary/aromatic N) is 2. The van der Waals surface area contributed by atoms with Gasteiger partial charge in [0.2, 0.25) is 10.0 Å². The van der Waals surface area contributed by atoms with Gasteiger partial charge in [-0.15, -0.1) is 22.7 Å². The summed E-state index contributed by atoms with van der Waals surface area (Å²) in [6.45, 7) is 0.997. The molecule has 4 rings (SSSR count). The molecule has 7 nitrogen and oxygen atoms in total. The van der Waals surface area contributed by atoms with Crippen molar-refractivity contribution >= 4 is 43.7 Å². The first kappa shape index (κ1) is 21.1. The van der Waals surface area contributed by atoms with Crippen LogP contribution in [-0.2, 0) is 14.8 Å². The minimum absolute atomic E-state index is 0.0628. The van der Waals surface area contributed by atoms with Gasteiger partial charge in [0.1, 0.15) is 0 Å². The van der Waals surface area contributed by atoms with Crippen molar-refractivity contribution in [3.8, 4) is 10.6 Å². The number of ether oxygens (including phenoxy) is 1. The summed E-state index contributed by atoms with van der Waals surface area (Å²) in [5.74, 6) is -0.335. The third kappa shape index (κ3) is 4.62. The number of thiophene rings is 1. The van der Waals surface area contributed by atoms with E-state index >= 15 is 0 Å². The molecule has 30 heavy (non-hydrogen) atoms. The van der Waals surface area contributed by atoms with Crippen LogP contribution in [0.25, 0.3) is 10.6 Å². The molecule has 1 aromatic carbocycles. The van der Waals surface area contributed by atoms with Gasteiger partial charge in [-0.2, -0.15) is 4.31 Å². The minimum atomic E-state index is -3.64. The number of carbonyl (C=O) groups excluding carboxylic acids is 1. The first-order valence-corrected chi connectivity index (χ1v) is 12.6. The normalized spacial score (nSPS) is 16.8. The van der Waals surface area contributed by atoms with Crippen LogP contribution in [0.2, 0.25) is 0 Å². The average Bonchev–Trinajstić information content (AvgIpc) is 3.50. The van der Waals surface area contributed by atoms with Gasteiger partial charge in [-0.1, -0.05) is 6.07 Å². The van der Waals surface area contributed by atoms with Crippen LogP contribution in [0.1, 0.15) is 23.2 Å². The number of hydrogen-bond acceptors (Lipinski definition) is 7. The smallest absolute Gasteiger partial charge is 0.257 e. The van der Waals surface area contributed by atoms with Crippen molar-refractivity contribution in [2.75, 3.05) is 25.5 Å². The first-order valence-electron chi connectivity index (χ1n) is 9.42. The molecule has 10 heteroatoms. The molecule has 1 aliphatic heterocycles. The number of thiazole rings is 1. The van der Waals surface area contributed by atoms with Gasteiger partial charge in [0.05, 0.1) is 21.6 Å². The summed E-state index contributed by atoms with van der Waals surface area (Å²) in [4.78, 5) is 18.1. The van der Waals surface area contributed by atoms with Gasteiger partial charge in [-0.3, -0.25) is 10.1 Å². The van der Waals surface area contributed by atoms with E-state index in [1.807, 2.05) is 22.9 Å². The van der Waals surface area contributed by atoms with Gasteiger partial charge < -0.3 is 4.74 Å². The number of likely N-dealkylation sites (N-methyl/N-ethyl adjacent to an activating group) is 1. The quantitative estimate of drug-likeness (QED) is 0.574. The molecule has 1 fully saturated rings. The minimum Gasteiger partial charge on any atom is -0.377 e. The number of nitrogens with one attached hydrogen (secondary N) is 1. The van der Waals surface area contributed by atoms with Crippen LogP contribution in [-0.4, -0.2) is 49.9 Å². The fraction of sp³-hybridized carbons (Fsp3) is 0.300. The SMILES string of the molecule is CN(CC1CCCO1)S(=O)(=O)c1ccc(C(=O)Nc2nc(-c3cccs3)cs2)cc1. The highest BCUT2D eigenvalue weighted by atomic mass is 32.2. The number of anilines is 1. The number of benzene rings is 1. The number of amides is 1. The van der Waals surface area contributed by atoms with Gasteiger partial charge in [0, 0.05) is 31.1 Å². The molecule has 1 atom stereocenters. The highest BCUT2D eigenvalue weighted by Crippen LogP contribution is 2.28. The lowest BCUT2D eigenvalue weighted by atomic mass is 10.2. The molecular formula is C20H21N3O4S3. The molecule has 1 N–H and O–H groups in total. The molecule has 3 heterocycles. The molecule has 1 amide bonds. The number of hydrogen-bond donors (Lipinski definition) is 1. The Bertz CT molecular complexity index is 1100. The maximum absolute atomic E-state index is 12.8. The van der Waals surface area contributed by atoms with Crippen LogP contribution in [0.5, 0.6) is 0 Å². The number of rotatable bonds is 7. The molecule has 0 bridgehead atoms. The molecule has 0 aliphatic carbocycles. The summed E-state index contributed by atoms with van der Waals surface area (Å²) in [7, 11) is -2.09. The van der Waals surface area contributed by atoms with Crippen LogP contribution >= 0.6 is 22.7 Å². The van der Waals surface area contributed by atoms with E-state index in [9.17, 15) is 13.2 Å². The Balaban J connectivity index is 1.41. The summed E-state index contributed by atoms with van der Waals surface area (Å²) in [5.41, 5.74) is 1.18. The van der Waals surface area contributed by atoms with Crippen molar-refractivity contribution in [2.45, 2.75) is 23.8 Å². The van der Waals surface area contributed by atoms with Gasteiger partial charge >= 0.3 is 0 Å². The van der Waals surface area contributed by atoms with Gasteiger partial charge in [-0.05, 0) is 48.6 Å². The van der Waals surface area contributed by atoms with E-state index in [1.54, 1.807) is 18.4 Å². The van der Waals surface area contributed by atoms with E-state index in [2.05, 4.69) is 10.3 Å². The molecule has 1 unspecified atom stereocenters. The van der Waals surface area contributed by atoms with Crippen molar-refractivity contribution in [3.05, 3.63) is 52.7 Å². The topological polar surface area (TPSA) is 88.6 Å². The second kappa shape index (κ2) is 8.94. The summed E-state index contributed by atoms with van der Waals surface area (Å²) in [6, 6.07) is 9.85. The largest absolute Gasteiger partial charge is 0.377 e. The Kier molecular flexibility index (Phi) is 6.30. The predicted octanol–water partition coefficient (Wildman–Crippen LogP) is 3.92. The maximum Gasteiger partial charge on any atom is 0.257 e. The molecule has 3 aromatic rings. The van der Waals surface area contributed by atoms with Crippen molar-refractivity contribution < 1.29 is 17.9 Å². The van der Waals surface area contributed by atoms with E-state index in [0.717, 1.165) is 23.4 Å². The number of carbonyl (C=O) groups is 1. The molecular weight excluding hydrogens is 442 g/mol. The summed E-state index contributed by atoms with van der Waals surface area (Å²) < 4.78 is 32.4. The highest BCUT2D eigenvalue weighted by Gasteiger charge is 2.26. The predicted molar refractivity (Wildman–Crippen MR) is 119 cm³/mol. The molecule has 2 aromatic heterocycles. The monoisotopic (exact) mass is 463 g/mol. The van der Waals surface area contributed by atoms with Crippen LogP contribution in [0.4, 0.5) is 5.13 Å². The third-order valence-electron chi connectivity index (χ3n) is 4.81. The van der Waals surface area contributed by atoms with Crippen molar-refractivity contribution in [1.82, 2.24) is 9.29 Å².